The van der Waals surface area contributed by atoms with Crippen LogP contribution in [-0.4, -0.2) is 78.9 Å². The number of amides is 2. The van der Waals surface area contributed by atoms with E-state index < -0.39 is 0 Å². The second-order valence-electron chi connectivity index (χ2n) is 10.7. The fraction of sp³-hybridized carbons (Fsp3) is 0.517. The van der Waals surface area contributed by atoms with Crippen molar-refractivity contribution in [3.05, 3.63) is 69.7 Å². The Morgan fingerprint density at radius 1 is 0.972 bits per heavy atom. The monoisotopic (exact) mass is 508 g/mol. The average Bonchev–Trinajstić information content (AvgIpc) is 3.30. The van der Waals surface area contributed by atoms with Gasteiger partial charge in [0.25, 0.3) is 11.8 Å². The number of hydrogen-bond donors (Lipinski definition) is 1. The molecule has 7 heteroatoms. The smallest absolute Gasteiger partial charge is 0.253 e. The first-order chi connectivity index (χ1) is 17.4. The van der Waals surface area contributed by atoms with Gasteiger partial charge in [0.05, 0.1) is 16.6 Å². The number of fused-ring (bicyclic) bond motifs is 1. The van der Waals surface area contributed by atoms with E-state index in [1.54, 1.807) is 12.1 Å². The number of benzene rings is 2. The van der Waals surface area contributed by atoms with Gasteiger partial charge in [0.15, 0.2) is 0 Å². The second-order valence-corrected chi connectivity index (χ2v) is 11.1. The van der Waals surface area contributed by atoms with Gasteiger partial charge in [0, 0.05) is 37.8 Å². The van der Waals surface area contributed by atoms with Crippen LogP contribution in [0.5, 0.6) is 0 Å². The molecule has 192 valence electrons. The molecular formula is C29H37ClN4O2. The summed E-state index contributed by atoms with van der Waals surface area (Å²) in [4.78, 5) is 33.3. The van der Waals surface area contributed by atoms with Gasteiger partial charge in [-0.1, -0.05) is 29.8 Å². The van der Waals surface area contributed by atoms with Gasteiger partial charge in [0.2, 0.25) is 0 Å². The Morgan fingerprint density at radius 2 is 1.69 bits per heavy atom. The van der Waals surface area contributed by atoms with Crippen LogP contribution in [0.3, 0.4) is 0 Å². The van der Waals surface area contributed by atoms with E-state index in [1.807, 2.05) is 36.2 Å². The topological polar surface area (TPSA) is 55.9 Å². The molecule has 0 saturated carbocycles. The molecule has 0 radical (unpaired) electrons. The van der Waals surface area contributed by atoms with Gasteiger partial charge in [-0.15, -0.1) is 0 Å². The maximum atomic E-state index is 13.5. The second kappa shape index (κ2) is 10.9. The summed E-state index contributed by atoms with van der Waals surface area (Å²) in [5.41, 5.74) is 3.43. The first kappa shape index (κ1) is 25.2. The van der Waals surface area contributed by atoms with Crippen LogP contribution in [0.25, 0.3) is 0 Å². The van der Waals surface area contributed by atoms with Crippen molar-refractivity contribution < 1.29 is 9.59 Å². The van der Waals surface area contributed by atoms with Gasteiger partial charge in [-0.25, -0.2) is 0 Å². The average molecular weight is 509 g/mol. The maximum absolute atomic E-state index is 13.5. The number of piperidine rings is 2. The molecule has 2 fully saturated rings. The van der Waals surface area contributed by atoms with Crippen molar-refractivity contribution in [1.29, 1.82) is 0 Å². The Balaban J connectivity index is 1.21. The molecule has 0 bridgehead atoms. The molecule has 1 N–H and O–H groups in total. The zero-order valence-corrected chi connectivity index (χ0v) is 22.1. The first-order valence-electron chi connectivity index (χ1n) is 13.3. The normalized spacial score (nSPS) is 21.8. The van der Waals surface area contributed by atoms with E-state index in [2.05, 4.69) is 28.2 Å². The lowest BCUT2D eigenvalue weighted by Gasteiger charge is -2.42. The highest BCUT2D eigenvalue weighted by Gasteiger charge is 2.31. The molecular weight excluding hydrogens is 472 g/mol. The van der Waals surface area contributed by atoms with Crippen LogP contribution < -0.4 is 5.32 Å². The lowest BCUT2D eigenvalue weighted by Crippen LogP contribution is -2.51. The highest BCUT2D eigenvalue weighted by molar-refractivity contribution is 6.33. The summed E-state index contributed by atoms with van der Waals surface area (Å²) in [7, 11) is 4.15. The fourth-order valence-electron chi connectivity index (χ4n) is 6.13. The molecule has 3 aliphatic rings. The zero-order valence-electron chi connectivity index (χ0n) is 21.4. The third-order valence-corrected chi connectivity index (χ3v) is 8.80. The van der Waals surface area contributed by atoms with E-state index >= 15 is 0 Å². The standard InChI is InChI=1S/C29H37ClN4O2/c1-32-15-11-23(12-16-32)34-17-13-22(14-18-34)33(2)29(36)21-8-7-20-9-10-27(25(20)19-21)31-28(35)24-5-3-4-6-26(24)30/h3-8,19,22-23,27H,9-18H2,1-2H3,(H,31,35)/t27-/m1/s1. The van der Waals surface area contributed by atoms with Crippen LogP contribution in [0.1, 0.15) is 70.0 Å². The van der Waals surface area contributed by atoms with Crippen LogP contribution in [0.15, 0.2) is 42.5 Å². The molecule has 1 atom stereocenters. The number of carbonyl (C=O) groups excluding carboxylic acids is 2. The number of rotatable bonds is 5. The van der Waals surface area contributed by atoms with Gasteiger partial charge in [0.1, 0.15) is 0 Å². The van der Waals surface area contributed by atoms with E-state index in [0.717, 1.165) is 44.3 Å². The minimum Gasteiger partial charge on any atom is -0.345 e. The Bertz CT molecular complexity index is 1110. The molecule has 2 aliphatic heterocycles. The molecule has 1 aliphatic carbocycles. The van der Waals surface area contributed by atoms with Crippen molar-refractivity contribution in [1.82, 2.24) is 20.0 Å². The van der Waals surface area contributed by atoms with Crippen LogP contribution >= 0.6 is 11.6 Å². The third-order valence-electron chi connectivity index (χ3n) is 8.47. The molecule has 6 nitrogen and oxygen atoms in total. The fourth-order valence-corrected chi connectivity index (χ4v) is 6.36. The Kier molecular flexibility index (Phi) is 7.65. The summed E-state index contributed by atoms with van der Waals surface area (Å²) in [6, 6.07) is 13.9. The van der Waals surface area contributed by atoms with Gasteiger partial charge < -0.3 is 20.0 Å². The number of halogens is 1. The van der Waals surface area contributed by atoms with E-state index in [-0.39, 0.29) is 23.9 Å². The summed E-state index contributed by atoms with van der Waals surface area (Å²) < 4.78 is 0. The van der Waals surface area contributed by atoms with Crippen LogP contribution in [-0.2, 0) is 6.42 Å². The van der Waals surface area contributed by atoms with Crippen molar-refractivity contribution in [2.75, 3.05) is 40.3 Å². The highest BCUT2D eigenvalue weighted by Crippen LogP contribution is 2.33. The lowest BCUT2D eigenvalue weighted by atomic mass is 9.96. The Hall–Kier alpha value is -2.41. The molecule has 2 aromatic carbocycles. The predicted molar refractivity (Wildman–Crippen MR) is 144 cm³/mol. The van der Waals surface area contributed by atoms with Gasteiger partial charge in [-0.3, -0.25) is 9.59 Å². The molecule has 2 aromatic rings. The molecule has 0 aromatic heterocycles. The summed E-state index contributed by atoms with van der Waals surface area (Å²) in [5, 5.41) is 3.58. The van der Waals surface area contributed by atoms with Gasteiger partial charge in [-0.05, 0) is 94.1 Å². The van der Waals surface area contributed by atoms with Crippen molar-refractivity contribution in [3.63, 3.8) is 0 Å². The van der Waals surface area contributed by atoms with Crippen LogP contribution in [0, 0.1) is 0 Å². The third kappa shape index (κ3) is 5.31. The molecule has 36 heavy (non-hydrogen) atoms. The summed E-state index contributed by atoms with van der Waals surface area (Å²) in [5.74, 6) is -0.109. The van der Waals surface area contributed by atoms with Crippen molar-refractivity contribution >= 4 is 23.4 Å². The predicted octanol–water partition coefficient (Wildman–Crippen LogP) is 4.39. The molecule has 2 amide bonds. The number of likely N-dealkylation sites (tertiary alicyclic amines) is 2. The van der Waals surface area contributed by atoms with Gasteiger partial charge in [-0.2, -0.15) is 0 Å². The SMILES string of the molecule is CN1CCC(N2CCC(N(C)C(=O)c3ccc4c(c3)[C@H](NC(=O)c3ccccc3Cl)CC4)CC2)CC1. The minimum atomic E-state index is -0.177. The maximum Gasteiger partial charge on any atom is 0.253 e. The van der Waals surface area contributed by atoms with Crippen LogP contribution in [0.2, 0.25) is 5.02 Å². The quantitative estimate of drug-likeness (QED) is 0.651. The minimum absolute atomic E-state index is 0.0682. The van der Waals surface area contributed by atoms with E-state index in [1.165, 1.54) is 31.5 Å². The summed E-state index contributed by atoms with van der Waals surface area (Å²) in [6.45, 7) is 4.50. The number of carbonyl (C=O) groups is 2. The number of nitrogens with zero attached hydrogens (tertiary/aromatic N) is 3. The van der Waals surface area contributed by atoms with E-state index in [9.17, 15) is 9.59 Å². The lowest BCUT2D eigenvalue weighted by molar-refractivity contribution is 0.0516. The number of aryl methyl sites for hydroxylation is 1. The van der Waals surface area contributed by atoms with Crippen molar-refractivity contribution in [2.24, 2.45) is 0 Å². The molecule has 2 saturated heterocycles. The van der Waals surface area contributed by atoms with Gasteiger partial charge >= 0.3 is 0 Å². The molecule has 0 unspecified atom stereocenters. The van der Waals surface area contributed by atoms with E-state index in [4.69, 9.17) is 11.6 Å². The molecule has 0 spiro atoms. The molecule has 2 heterocycles. The largest absolute Gasteiger partial charge is 0.345 e. The highest BCUT2D eigenvalue weighted by atomic mass is 35.5. The molecule has 5 rings (SSSR count). The number of hydrogen-bond acceptors (Lipinski definition) is 4. The summed E-state index contributed by atoms with van der Waals surface area (Å²) in [6.07, 6.45) is 6.27. The zero-order chi connectivity index (χ0) is 25.2. The van der Waals surface area contributed by atoms with E-state index in [0.29, 0.717) is 22.2 Å². The Morgan fingerprint density at radius 3 is 2.42 bits per heavy atom. The number of nitrogens with one attached hydrogen (secondary N) is 1. The van der Waals surface area contributed by atoms with Crippen molar-refractivity contribution in [2.45, 2.75) is 56.7 Å². The van der Waals surface area contributed by atoms with Crippen LogP contribution in [0.4, 0.5) is 0 Å². The van der Waals surface area contributed by atoms with Crippen molar-refractivity contribution in [3.8, 4) is 0 Å². The summed E-state index contributed by atoms with van der Waals surface area (Å²) >= 11 is 6.22. The Labute approximate surface area is 219 Å². The first-order valence-corrected chi connectivity index (χ1v) is 13.7.